The second-order valence-corrected chi connectivity index (χ2v) is 6.58. The summed E-state index contributed by atoms with van der Waals surface area (Å²) in [5, 5.41) is 5.75. The number of benzene rings is 2. The molecule has 1 heterocycles. The summed E-state index contributed by atoms with van der Waals surface area (Å²) < 4.78 is 0.992. The van der Waals surface area contributed by atoms with Gasteiger partial charge in [0.15, 0.2) is 5.13 Å². The fourth-order valence-electron chi connectivity index (χ4n) is 2.35. The van der Waals surface area contributed by atoms with E-state index in [9.17, 15) is 9.59 Å². The number of nitrogens with zero attached hydrogens (tertiary/aromatic N) is 1. The van der Waals surface area contributed by atoms with Crippen LogP contribution in [0.2, 0.25) is 0 Å². The zero-order chi connectivity index (χ0) is 17.6. The molecule has 1 atom stereocenters. The van der Waals surface area contributed by atoms with E-state index in [1.54, 1.807) is 0 Å². The highest BCUT2D eigenvalue weighted by Gasteiger charge is 2.15. The number of rotatable bonds is 6. The summed E-state index contributed by atoms with van der Waals surface area (Å²) in [4.78, 5) is 28.3. The van der Waals surface area contributed by atoms with Gasteiger partial charge in [-0.2, -0.15) is 0 Å². The van der Waals surface area contributed by atoms with Crippen LogP contribution in [0.1, 0.15) is 5.56 Å². The van der Waals surface area contributed by atoms with Gasteiger partial charge < -0.3 is 16.4 Å². The molecule has 0 bridgehead atoms. The van der Waals surface area contributed by atoms with Crippen LogP contribution in [0.4, 0.5) is 5.13 Å². The third-order valence-corrected chi connectivity index (χ3v) is 4.55. The van der Waals surface area contributed by atoms with E-state index in [1.807, 2.05) is 54.6 Å². The lowest BCUT2D eigenvalue weighted by atomic mass is 10.1. The normalized spacial score (nSPS) is 11.9. The van der Waals surface area contributed by atoms with Crippen molar-refractivity contribution < 1.29 is 9.59 Å². The second kappa shape index (κ2) is 7.87. The summed E-state index contributed by atoms with van der Waals surface area (Å²) in [7, 11) is 0. The molecule has 2 aromatic carbocycles. The van der Waals surface area contributed by atoms with E-state index >= 15 is 0 Å². The average molecular weight is 354 g/mol. The zero-order valence-electron chi connectivity index (χ0n) is 13.4. The standard InChI is InChI=1S/C18H18N4O2S/c19-13(10-12-6-2-1-3-7-12)17(24)20-11-16(23)22-18-21-14-8-4-5-9-15(14)25-18/h1-9,13H,10-11,19H2,(H,20,24)(H,21,22,23)/t13-/m0/s1. The van der Waals surface area contributed by atoms with Crippen LogP contribution in [0, 0.1) is 0 Å². The van der Waals surface area contributed by atoms with E-state index < -0.39 is 6.04 Å². The van der Waals surface area contributed by atoms with Crippen LogP contribution >= 0.6 is 11.3 Å². The zero-order valence-corrected chi connectivity index (χ0v) is 14.3. The monoisotopic (exact) mass is 354 g/mol. The molecule has 0 unspecified atom stereocenters. The molecule has 25 heavy (non-hydrogen) atoms. The molecule has 3 rings (SSSR count). The molecular formula is C18H18N4O2S. The first-order valence-corrected chi connectivity index (χ1v) is 8.66. The molecule has 6 nitrogen and oxygen atoms in total. The number of hydrogen-bond acceptors (Lipinski definition) is 5. The quantitative estimate of drug-likeness (QED) is 0.630. The smallest absolute Gasteiger partial charge is 0.245 e. The van der Waals surface area contributed by atoms with Crippen LogP contribution < -0.4 is 16.4 Å². The largest absolute Gasteiger partial charge is 0.346 e. The van der Waals surface area contributed by atoms with Gasteiger partial charge in [0.05, 0.1) is 22.8 Å². The Morgan fingerprint density at radius 1 is 1.08 bits per heavy atom. The van der Waals surface area contributed by atoms with Crippen molar-refractivity contribution in [3.63, 3.8) is 0 Å². The molecule has 7 heteroatoms. The lowest BCUT2D eigenvalue weighted by Crippen LogP contribution is -2.44. The molecule has 0 radical (unpaired) electrons. The predicted molar refractivity (Wildman–Crippen MR) is 99.4 cm³/mol. The van der Waals surface area contributed by atoms with Gasteiger partial charge in [0.2, 0.25) is 11.8 Å². The molecule has 0 aliphatic heterocycles. The van der Waals surface area contributed by atoms with Gasteiger partial charge in [0, 0.05) is 0 Å². The number of carbonyl (C=O) groups is 2. The molecule has 0 saturated heterocycles. The summed E-state index contributed by atoms with van der Waals surface area (Å²) in [5.74, 6) is -0.692. The summed E-state index contributed by atoms with van der Waals surface area (Å²) in [6, 6.07) is 16.4. The van der Waals surface area contributed by atoms with Gasteiger partial charge in [-0.3, -0.25) is 9.59 Å². The van der Waals surface area contributed by atoms with Crippen molar-refractivity contribution in [1.29, 1.82) is 0 Å². The van der Waals surface area contributed by atoms with E-state index in [-0.39, 0.29) is 18.4 Å². The van der Waals surface area contributed by atoms with E-state index in [0.717, 1.165) is 15.8 Å². The number of nitrogens with two attached hydrogens (primary N) is 1. The van der Waals surface area contributed by atoms with Crippen LogP contribution in [0.3, 0.4) is 0 Å². The number of amides is 2. The summed E-state index contributed by atoms with van der Waals surface area (Å²) in [6.45, 7) is -0.142. The van der Waals surface area contributed by atoms with Crippen molar-refractivity contribution in [3.05, 3.63) is 60.2 Å². The van der Waals surface area contributed by atoms with Crippen LogP contribution in [-0.2, 0) is 16.0 Å². The Balaban J connectivity index is 1.48. The molecule has 3 aromatic rings. The van der Waals surface area contributed by atoms with Crippen molar-refractivity contribution >= 4 is 38.5 Å². The number of fused-ring (bicyclic) bond motifs is 1. The Kier molecular flexibility index (Phi) is 5.37. The van der Waals surface area contributed by atoms with E-state index in [4.69, 9.17) is 5.73 Å². The van der Waals surface area contributed by atoms with Crippen molar-refractivity contribution in [2.75, 3.05) is 11.9 Å². The summed E-state index contributed by atoms with van der Waals surface area (Å²) >= 11 is 1.39. The number of thiazole rings is 1. The second-order valence-electron chi connectivity index (χ2n) is 5.55. The summed E-state index contributed by atoms with van der Waals surface area (Å²) in [6.07, 6.45) is 0.423. The number of hydrogen-bond donors (Lipinski definition) is 3. The Morgan fingerprint density at radius 2 is 1.80 bits per heavy atom. The molecular weight excluding hydrogens is 336 g/mol. The number of para-hydroxylation sites is 1. The maximum Gasteiger partial charge on any atom is 0.245 e. The molecule has 0 aliphatic rings. The molecule has 128 valence electrons. The van der Waals surface area contributed by atoms with Gasteiger partial charge in [-0.05, 0) is 24.1 Å². The fraction of sp³-hybridized carbons (Fsp3) is 0.167. The van der Waals surface area contributed by atoms with Crippen molar-refractivity contribution in [3.8, 4) is 0 Å². The van der Waals surface area contributed by atoms with E-state index in [1.165, 1.54) is 11.3 Å². The summed E-state index contributed by atoms with van der Waals surface area (Å²) in [5.41, 5.74) is 7.69. The van der Waals surface area contributed by atoms with Crippen molar-refractivity contribution in [2.24, 2.45) is 5.73 Å². The SMILES string of the molecule is N[C@@H](Cc1ccccc1)C(=O)NCC(=O)Nc1nc2ccccc2s1. The lowest BCUT2D eigenvalue weighted by molar-refractivity contribution is -0.125. The highest BCUT2D eigenvalue weighted by atomic mass is 32.1. The molecule has 4 N–H and O–H groups in total. The Hall–Kier alpha value is -2.77. The van der Waals surface area contributed by atoms with E-state index in [0.29, 0.717) is 11.6 Å². The molecule has 0 fully saturated rings. The fourth-order valence-corrected chi connectivity index (χ4v) is 3.23. The Bertz CT molecular complexity index is 846. The topological polar surface area (TPSA) is 97.1 Å². The van der Waals surface area contributed by atoms with Gasteiger partial charge in [-0.1, -0.05) is 53.8 Å². The first-order valence-electron chi connectivity index (χ1n) is 7.84. The molecule has 0 saturated carbocycles. The van der Waals surface area contributed by atoms with Gasteiger partial charge in [-0.25, -0.2) is 4.98 Å². The number of carbonyl (C=O) groups excluding carboxylic acids is 2. The minimum Gasteiger partial charge on any atom is -0.346 e. The molecule has 2 amide bonds. The molecule has 1 aromatic heterocycles. The van der Waals surface area contributed by atoms with Crippen LogP contribution in [0.5, 0.6) is 0 Å². The van der Waals surface area contributed by atoms with Crippen molar-refractivity contribution in [1.82, 2.24) is 10.3 Å². The van der Waals surface area contributed by atoms with Crippen LogP contribution in [-0.4, -0.2) is 29.4 Å². The van der Waals surface area contributed by atoms with Gasteiger partial charge in [0.1, 0.15) is 0 Å². The maximum atomic E-state index is 12.0. The Labute approximate surface area is 149 Å². The lowest BCUT2D eigenvalue weighted by Gasteiger charge is -2.12. The van der Waals surface area contributed by atoms with Crippen molar-refractivity contribution in [2.45, 2.75) is 12.5 Å². The molecule has 0 aliphatic carbocycles. The third kappa shape index (κ3) is 4.62. The van der Waals surface area contributed by atoms with E-state index in [2.05, 4.69) is 15.6 Å². The average Bonchev–Trinajstić information content (AvgIpc) is 3.02. The number of anilines is 1. The van der Waals surface area contributed by atoms with Crippen LogP contribution in [0.25, 0.3) is 10.2 Å². The highest BCUT2D eigenvalue weighted by molar-refractivity contribution is 7.22. The first-order chi connectivity index (χ1) is 12.1. The maximum absolute atomic E-state index is 12.0. The minimum absolute atomic E-state index is 0.142. The Morgan fingerprint density at radius 3 is 2.56 bits per heavy atom. The van der Waals surface area contributed by atoms with Gasteiger partial charge >= 0.3 is 0 Å². The van der Waals surface area contributed by atoms with Gasteiger partial charge in [0.25, 0.3) is 0 Å². The first kappa shape index (κ1) is 17.1. The van der Waals surface area contributed by atoms with Crippen LogP contribution in [0.15, 0.2) is 54.6 Å². The highest BCUT2D eigenvalue weighted by Crippen LogP contribution is 2.25. The van der Waals surface area contributed by atoms with Gasteiger partial charge in [-0.15, -0.1) is 0 Å². The number of nitrogens with one attached hydrogen (secondary N) is 2. The minimum atomic E-state index is -0.697. The number of aromatic nitrogens is 1. The predicted octanol–water partition coefficient (Wildman–Crippen LogP) is 1.92. The molecule has 0 spiro atoms. The third-order valence-electron chi connectivity index (χ3n) is 3.60.